The van der Waals surface area contributed by atoms with E-state index in [1.165, 1.54) is 19.2 Å². The molecule has 0 aliphatic heterocycles. The van der Waals surface area contributed by atoms with Gasteiger partial charge in [-0.1, -0.05) is 47.5 Å². The van der Waals surface area contributed by atoms with Crippen LogP contribution in [0.25, 0.3) is 16.9 Å². The summed E-state index contributed by atoms with van der Waals surface area (Å²) in [5, 5.41) is 10.9. The van der Waals surface area contributed by atoms with Crippen molar-refractivity contribution >= 4 is 40.6 Å². The Hall–Kier alpha value is -4.09. The number of benzene rings is 2. The Bertz CT molecular complexity index is 1650. The van der Waals surface area contributed by atoms with Crippen molar-refractivity contribution in [1.29, 1.82) is 0 Å². The molecule has 2 aromatic carbocycles. The van der Waals surface area contributed by atoms with Gasteiger partial charge in [-0.15, -0.1) is 0 Å². The molecule has 0 unspecified atom stereocenters. The molecule has 8 nitrogen and oxygen atoms in total. The number of nitrogens with one attached hydrogen (secondary N) is 1. The molecule has 0 bridgehead atoms. The van der Waals surface area contributed by atoms with E-state index >= 15 is 0 Å². The van der Waals surface area contributed by atoms with Crippen LogP contribution < -0.4 is 10.1 Å². The highest BCUT2D eigenvalue weighted by molar-refractivity contribution is 6.37. The number of aromatic nitrogens is 5. The molecule has 0 radical (unpaired) electrons. The summed E-state index contributed by atoms with van der Waals surface area (Å²) in [6, 6.07) is 15.9. The zero-order valence-electron chi connectivity index (χ0n) is 19.5. The maximum atomic E-state index is 14.0. The summed E-state index contributed by atoms with van der Waals surface area (Å²) in [7, 11) is 1.44. The standard InChI is InChI=1S/C25H17Cl2F3N6O2/c1-38-17-4-2-3-15(11-17)18-12-19(25(28,29)30)36-23(31-18)21(27)22(34-36)24(37)32-20-9-10-35(33-20)13-14-5-7-16(26)8-6-14/h2-12H,13H2,1H3,(H,32,33,37). The van der Waals surface area contributed by atoms with Crippen molar-refractivity contribution in [3.8, 4) is 17.0 Å². The third kappa shape index (κ3) is 5.15. The summed E-state index contributed by atoms with van der Waals surface area (Å²) < 4.78 is 49.2. The first-order chi connectivity index (χ1) is 18.1. The van der Waals surface area contributed by atoms with Crippen molar-refractivity contribution in [1.82, 2.24) is 24.4 Å². The largest absolute Gasteiger partial charge is 0.497 e. The lowest BCUT2D eigenvalue weighted by molar-refractivity contribution is -0.142. The zero-order valence-corrected chi connectivity index (χ0v) is 21.0. The fourth-order valence-corrected chi connectivity index (χ4v) is 4.11. The number of fused-ring (bicyclic) bond motifs is 1. The number of rotatable bonds is 6. The second-order valence-corrected chi connectivity index (χ2v) is 8.95. The monoisotopic (exact) mass is 560 g/mol. The molecule has 0 atom stereocenters. The van der Waals surface area contributed by atoms with E-state index in [0.29, 0.717) is 27.4 Å². The molecule has 5 aromatic rings. The Morgan fingerprint density at radius 3 is 2.53 bits per heavy atom. The number of carbonyl (C=O) groups excluding carboxylic acids is 1. The van der Waals surface area contributed by atoms with Crippen LogP contribution in [0.4, 0.5) is 19.0 Å². The highest BCUT2D eigenvalue weighted by atomic mass is 35.5. The van der Waals surface area contributed by atoms with Gasteiger partial charge in [0.25, 0.3) is 5.91 Å². The predicted octanol–water partition coefficient (Wildman–Crippen LogP) is 6.23. The molecule has 0 spiro atoms. The predicted molar refractivity (Wildman–Crippen MR) is 136 cm³/mol. The van der Waals surface area contributed by atoms with Crippen molar-refractivity contribution in [3.05, 3.63) is 93.9 Å². The quantitative estimate of drug-likeness (QED) is 0.266. The van der Waals surface area contributed by atoms with Crippen LogP contribution in [-0.2, 0) is 12.7 Å². The molecule has 3 heterocycles. The molecular weight excluding hydrogens is 544 g/mol. The highest BCUT2D eigenvalue weighted by Gasteiger charge is 2.37. The Balaban J connectivity index is 1.47. The lowest BCUT2D eigenvalue weighted by Crippen LogP contribution is -2.16. The van der Waals surface area contributed by atoms with Gasteiger partial charge in [-0.2, -0.15) is 23.4 Å². The fourth-order valence-electron chi connectivity index (χ4n) is 3.74. The number of methoxy groups -OCH3 is 1. The number of nitrogens with zero attached hydrogens (tertiary/aromatic N) is 5. The molecule has 38 heavy (non-hydrogen) atoms. The van der Waals surface area contributed by atoms with Gasteiger partial charge in [0.05, 0.1) is 19.3 Å². The van der Waals surface area contributed by atoms with E-state index < -0.39 is 23.5 Å². The van der Waals surface area contributed by atoms with Crippen molar-refractivity contribution in [2.24, 2.45) is 0 Å². The van der Waals surface area contributed by atoms with E-state index in [-0.39, 0.29) is 22.2 Å². The van der Waals surface area contributed by atoms with Crippen LogP contribution in [0.5, 0.6) is 5.75 Å². The Morgan fingerprint density at radius 1 is 1.05 bits per heavy atom. The van der Waals surface area contributed by atoms with Crippen LogP contribution in [0.1, 0.15) is 21.7 Å². The van der Waals surface area contributed by atoms with Crippen molar-refractivity contribution in [3.63, 3.8) is 0 Å². The molecule has 1 N–H and O–H groups in total. The molecule has 0 aliphatic carbocycles. The van der Waals surface area contributed by atoms with Crippen LogP contribution in [0.2, 0.25) is 10.0 Å². The number of hydrogen-bond donors (Lipinski definition) is 1. The molecule has 0 saturated heterocycles. The van der Waals surface area contributed by atoms with E-state index in [4.69, 9.17) is 27.9 Å². The maximum Gasteiger partial charge on any atom is 0.433 e. The topological polar surface area (TPSA) is 86.3 Å². The Morgan fingerprint density at radius 2 is 1.82 bits per heavy atom. The van der Waals surface area contributed by atoms with Crippen molar-refractivity contribution in [2.45, 2.75) is 12.7 Å². The summed E-state index contributed by atoms with van der Waals surface area (Å²) in [5.74, 6) is -0.237. The average molecular weight is 561 g/mol. The van der Waals surface area contributed by atoms with Gasteiger partial charge in [0.1, 0.15) is 10.8 Å². The average Bonchev–Trinajstić information content (AvgIpc) is 3.47. The molecule has 194 valence electrons. The summed E-state index contributed by atoms with van der Waals surface area (Å²) in [6.45, 7) is 0.411. The molecular formula is C25H17Cl2F3N6O2. The zero-order chi connectivity index (χ0) is 27.0. The second kappa shape index (κ2) is 9.99. The summed E-state index contributed by atoms with van der Waals surface area (Å²) in [6.07, 6.45) is -3.17. The van der Waals surface area contributed by atoms with Crippen LogP contribution in [-0.4, -0.2) is 37.4 Å². The molecule has 5 rings (SSSR count). The third-order valence-electron chi connectivity index (χ3n) is 5.54. The van der Waals surface area contributed by atoms with E-state index in [9.17, 15) is 18.0 Å². The smallest absolute Gasteiger partial charge is 0.433 e. The van der Waals surface area contributed by atoms with Gasteiger partial charge in [0, 0.05) is 22.8 Å². The maximum absolute atomic E-state index is 14.0. The number of anilines is 1. The van der Waals surface area contributed by atoms with Crippen LogP contribution in [0, 0.1) is 0 Å². The number of alkyl halides is 3. The van der Waals surface area contributed by atoms with Crippen molar-refractivity contribution in [2.75, 3.05) is 12.4 Å². The summed E-state index contributed by atoms with van der Waals surface area (Å²) >= 11 is 12.3. The summed E-state index contributed by atoms with van der Waals surface area (Å²) in [4.78, 5) is 17.2. The Labute approximate surface area is 223 Å². The number of carbonyl (C=O) groups is 1. The van der Waals surface area contributed by atoms with Crippen LogP contribution in [0.15, 0.2) is 66.9 Å². The van der Waals surface area contributed by atoms with Gasteiger partial charge < -0.3 is 10.1 Å². The molecule has 0 saturated carbocycles. The first-order valence-corrected chi connectivity index (χ1v) is 11.8. The molecule has 0 fully saturated rings. The minimum atomic E-state index is -4.81. The SMILES string of the molecule is COc1cccc(-c2cc(C(F)(F)F)n3nc(C(=O)Nc4ccn(Cc5ccc(Cl)cc5)n4)c(Cl)c3n2)c1. The molecule has 13 heteroatoms. The number of amides is 1. The van der Waals surface area contributed by atoms with E-state index in [2.05, 4.69) is 20.5 Å². The summed E-state index contributed by atoms with van der Waals surface area (Å²) in [5.41, 5.74) is -0.618. The third-order valence-corrected chi connectivity index (χ3v) is 6.14. The van der Waals surface area contributed by atoms with E-state index in [1.54, 1.807) is 41.2 Å². The number of hydrogen-bond acceptors (Lipinski definition) is 5. The highest BCUT2D eigenvalue weighted by Crippen LogP contribution is 2.35. The lowest BCUT2D eigenvalue weighted by atomic mass is 10.1. The number of ether oxygens (including phenoxy) is 1. The minimum absolute atomic E-state index is 0.0153. The van der Waals surface area contributed by atoms with Gasteiger partial charge in [-0.05, 0) is 35.9 Å². The molecule has 0 aliphatic rings. The number of halogens is 5. The second-order valence-electron chi connectivity index (χ2n) is 8.13. The van der Waals surface area contributed by atoms with Crippen LogP contribution in [0.3, 0.4) is 0 Å². The van der Waals surface area contributed by atoms with E-state index in [1.807, 2.05) is 12.1 Å². The van der Waals surface area contributed by atoms with Gasteiger partial charge >= 0.3 is 6.18 Å². The van der Waals surface area contributed by atoms with Gasteiger partial charge in [0.15, 0.2) is 22.9 Å². The first kappa shape index (κ1) is 25.6. The van der Waals surface area contributed by atoms with Gasteiger partial charge in [-0.3, -0.25) is 9.48 Å². The van der Waals surface area contributed by atoms with Crippen molar-refractivity contribution < 1.29 is 22.7 Å². The first-order valence-electron chi connectivity index (χ1n) is 11.0. The fraction of sp³-hybridized carbons (Fsp3) is 0.120. The van der Waals surface area contributed by atoms with Crippen LogP contribution >= 0.6 is 23.2 Å². The van der Waals surface area contributed by atoms with E-state index in [0.717, 1.165) is 11.6 Å². The minimum Gasteiger partial charge on any atom is -0.497 e. The normalized spacial score (nSPS) is 11.6. The lowest BCUT2D eigenvalue weighted by Gasteiger charge is -2.11. The van der Waals surface area contributed by atoms with Gasteiger partial charge in [-0.25, -0.2) is 9.50 Å². The van der Waals surface area contributed by atoms with Gasteiger partial charge in [0.2, 0.25) is 0 Å². The Kier molecular flexibility index (Phi) is 6.72. The molecule has 1 amide bonds. The molecule has 3 aromatic heterocycles.